The van der Waals surface area contributed by atoms with E-state index in [4.69, 9.17) is 9.84 Å². The highest BCUT2D eigenvalue weighted by Gasteiger charge is 2.02. The number of hydrogen-bond acceptors (Lipinski definition) is 2. The first-order chi connectivity index (χ1) is 10.1. The summed E-state index contributed by atoms with van der Waals surface area (Å²) in [5.41, 5.74) is 3.86. The zero-order valence-corrected chi connectivity index (χ0v) is 12.1. The molecule has 0 spiro atoms. The van der Waals surface area contributed by atoms with Crippen LogP contribution in [0.1, 0.15) is 22.3 Å². The van der Waals surface area contributed by atoms with E-state index >= 15 is 0 Å². The van der Waals surface area contributed by atoms with Gasteiger partial charge >= 0.3 is 0 Å². The molecule has 0 amide bonds. The van der Waals surface area contributed by atoms with Gasteiger partial charge < -0.3 is 9.84 Å². The molecule has 0 aliphatic heterocycles. The van der Waals surface area contributed by atoms with Crippen molar-refractivity contribution in [2.45, 2.75) is 20.5 Å². The van der Waals surface area contributed by atoms with Crippen molar-refractivity contribution >= 4 is 0 Å². The topological polar surface area (TPSA) is 29.5 Å². The molecule has 0 radical (unpaired) electrons. The Morgan fingerprint density at radius 2 is 1.76 bits per heavy atom. The van der Waals surface area contributed by atoms with Crippen LogP contribution in [0.4, 0.5) is 4.39 Å². The van der Waals surface area contributed by atoms with Crippen LogP contribution in [0.2, 0.25) is 0 Å². The van der Waals surface area contributed by atoms with Crippen molar-refractivity contribution in [1.82, 2.24) is 0 Å². The minimum absolute atomic E-state index is 0.255. The number of rotatable bonds is 3. The number of aliphatic hydroxyl groups excluding tert-OH is 1. The minimum atomic E-state index is -0.407. The monoisotopic (exact) mass is 284 g/mol. The Morgan fingerprint density at radius 3 is 2.43 bits per heavy atom. The summed E-state index contributed by atoms with van der Waals surface area (Å²) in [6.07, 6.45) is 0. The first-order valence-electron chi connectivity index (χ1n) is 6.67. The lowest BCUT2D eigenvalue weighted by Gasteiger charge is -2.09. The van der Waals surface area contributed by atoms with Gasteiger partial charge in [0.15, 0.2) is 0 Å². The summed E-state index contributed by atoms with van der Waals surface area (Å²) in [7, 11) is 0. The molecule has 108 valence electrons. The Morgan fingerprint density at radius 1 is 1.05 bits per heavy atom. The second-order valence-electron chi connectivity index (χ2n) is 4.92. The Balaban J connectivity index is 2.14. The van der Waals surface area contributed by atoms with Gasteiger partial charge in [0, 0.05) is 11.6 Å². The highest BCUT2D eigenvalue weighted by Crippen LogP contribution is 2.18. The summed E-state index contributed by atoms with van der Waals surface area (Å²) >= 11 is 0. The zero-order chi connectivity index (χ0) is 15.2. The molecule has 0 fully saturated rings. The third kappa shape index (κ3) is 4.62. The van der Waals surface area contributed by atoms with Gasteiger partial charge in [0.1, 0.15) is 24.8 Å². The van der Waals surface area contributed by atoms with Crippen LogP contribution >= 0.6 is 0 Å². The zero-order valence-electron chi connectivity index (χ0n) is 12.1. The molecule has 0 bridgehead atoms. The van der Waals surface area contributed by atoms with Gasteiger partial charge in [0.05, 0.1) is 0 Å². The smallest absolute Gasteiger partial charge is 0.128 e. The maximum atomic E-state index is 13.5. The van der Waals surface area contributed by atoms with Crippen LogP contribution in [-0.2, 0) is 6.61 Å². The fourth-order valence-corrected chi connectivity index (χ4v) is 2.18. The van der Waals surface area contributed by atoms with Gasteiger partial charge in [-0.25, -0.2) is 4.39 Å². The van der Waals surface area contributed by atoms with Crippen molar-refractivity contribution in [1.29, 1.82) is 0 Å². The fourth-order valence-electron chi connectivity index (χ4n) is 2.18. The Bertz CT molecular complexity index is 676. The van der Waals surface area contributed by atoms with Crippen molar-refractivity contribution in [3.63, 3.8) is 0 Å². The number of benzene rings is 2. The molecule has 0 saturated carbocycles. The maximum Gasteiger partial charge on any atom is 0.128 e. The Labute approximate surface area is 124 Å². The average molecular weight is 284 g/mol. The lowest BCUT2D eigenvalue weighted by atomic mass is 10.1. The maximum absolute atomic E-state index is 13.5. The molecular weight excluding hydrogens is 267 g/mol. The second kappa shape index (κ2) is 6.92. The number of hydrogen-bond donors (Lipinski definition) is 1. The number of aryl methyl sites for hydroxylation is 2. The van der Waals surface area contributed by atoms with Crippen LogP contribution in [0.25, 0.3) is 0 Å². The molecule has 1 N–H and O–H groups in total. The fraction of sp³-hybridized carbons (Fsp3) is 0.222. The van der Waals surface area contributed by atoms with E-state index in [1.165, 1.54) is 23.3 Å². The van der Waals surface area contributed by atoms with E-state index < -0.39 is 5.82 Å². The molecule has 2 aromatic rings. The quantitative estimate of drug-likeness (QED) is 0.876. The van der Waals surface area contributed by atoms with Gasteiger partial charge in [-0.15, -0.1) is 0 Å². The lowest BCUT2D eigenvalue weighted by Crippen LogP contribution is -1.97. The van der Waals surface area contributed by atoms with Gasteiger partial charge in [-0.3, -0.25) is 0 Å². The molecular formula is C18H17FO2. The van der Waals surface area contributed by atoms with Gasteiger partial charge in [0.2, 0.25) is 0 Å². The molecule has 0 aliphatic rings. The molecule has 2 nitrogen and oxygen atoms in total. The first-order valence-corrected chi connectivity index (χ1v) is 6.67. The number of aliphatic hydroxyl groups is 1. The number of ether oxygens (including phenoxy) is 1. The SMILES string of the molecule is Cc1cc(C)cc(COc2cc(F)cc(C#CCO)c2)c1. The van der Waals surface area contributed by atoms with Crippen LogP contribution in [0.3, 0.4) is 0 Å². The molecule has 0 saturated heterocycles. The third-order valence-electron chi connectivity index (χ3n) is 2.87. The first kappa shape index (κ1) is 15.1. The van der Waals surface area contributed by atoms with Crippen LogP contribution in [0.15, 0.2) is 36.4 Å². The molecule has 3 heteroatoms. The van der Waals surface area contributed by atoms with Gasteiger partial charge in [-0.2, -0.15) is 0 Å². The van der Waals surface area contributed by atoms with E-state index in [-0.39, 0.29) is 6.61 Å². The average Bonchev–Trinajstić information content (AvgIpc) is 2.41. The second-order valence-corrected chi connectivity index (χ2v) is 4.92. The normalized spacial score (nSPS) is 9.90. The largest absolute Gasteiger partial charge is 0.489 e. The van der Waals surface area contributed by atoms with E-state index in [0.717, 1.165) is 5.56 Å². The molecule has 2 rings (SSSR count). The summed E-state index contributed by atoms with van der Waals surface area (Å²) in [6, 6.07) is 10.5. The molecule has 2 aromatic carbocycles. The van der Waals surface area contributed by atoms with Gasteiger partial charge in [-0.05, 0) is 31.5 Å². The summed E-state index contributed by atoms with van der Waals surface area (Å²) in [5, 5.41) is 8.67. The molecule has 0 atom stereocenters. The number of halogens is 1. The highest BCUT2D eigenvalue weighted by molar-refractivity contribution is 5.40. The van der Waals surface area contributed by atoms with Crippen molar-refractivity contribution in [3.8, 4) is 17.6 Å². The Kier molecular flexibility index (Phi) is 4.97. The standard InChI is InChI=1S/C18H17FO2/c1-13-6-14(2)8-16(7-13)12-21-18-10-15(4-3-5-20)9-17(19)11-18/h6-11,20H,5,12H2,1-2H3. The van der Waals surface area contributed by atoms with Crippen LogP contribution < -0.4 is 4.74 Å². The van der Waals surface area contributed by atoms with Crippen molar-refractivity contribution in [2.24, 2.45) is 0 Å². The van der Waals surface area contributed by atoms with Crippen molar-refractivity contribution in [3.05, 3.63) is 64.5 Å². The summed E-state index contributed by atoms with van der Waals surface area (Å²) in [5.74, 6) is 5.18. The van der Waals surface area contributed by atoms with E-state index in [0.29, 0.717) is 17.9 Å². The van der Waals surface area contributed by atoms with E-state index in [2.05, 4.69) is 17.9 Å². The van der Waals surface area contributed by atoms with Crippen molar-refractivity contribution < 1.29 is 14.2 Å². The Hall–Kier alpha value is -2.31. The predicted octanol–water partition coefficient (Wildman–Crippen LogP) is 3.37. The molecule has 0 unspecified atom stereocenters. The van der Waals surface area contributed by atoms with Gasteiger partial charge in [0.25, 0.3) is 0 Å². The highest BCUT2D eigenvalue weighted by atomic mass is 19.1. The lowest BCUT2D eigenvalue weighted by molar-refractivity contribution is 0.304. The molecule has 0 heterocycles. The van der Waals surface area contributed by atoms with Crippen molar-refractivity contribution in [2.75, 3.05) is 6.61 Å². The third-order valence-corrected chi connectivity index (χ3v) is 2.87. The predicted molar refractivity (Wildman–Crippen MR) is 80.6 cm³/mol. The summed E-state index contributed by atoms with van der Waals surface area (Å²) < 4.78 is 19.1. The van der Waals surface area contributed by atoms with E-state index in [9.17, 15) is 4.39 Å². The van der Waals surface area contributed by atoms with Crippen LogP contribution in [-0.4, -0.2) is 11.7 Å². The van der Waals surface area contributed by atoms with Gasteiger partial charge in [-0.1, -0.05) is 41.2 Å². The minimum Gasteiger partial charge on any atom is -0.489 e. The molecule has 0 aliphatic carbocycles. The molecule has 0 aromatic heterocycles. The summed E-state index contributed by atoms with van der Waals surface area (Å²) in [6.45, 7) is 4.18. The van der Waals surface area contributed by atoms with E-state index in [1.807, 2.05) is 26.0 Å². The van der Waals surface area contributed by atoms with Crippen LogP contribution in [0, 0.1) is 31.5 Å². The molecule has 21 heavy (non-hydrogen) atoms. The summed E-state index contributed by atoms with van der Waals surface area (Å²) in [4.78, 5) is 0. The van der Waals surface area contributed by atoms with E-state index in [1.54, 1.807) is 6.07 Å². The van der Waals surface area contributed by atoms with Crippen LogP contribution in [0.5, 0.6) is 5.75 Å².